The second kappa shape index (κ2) is 5.60. The van der Waals surface area contributed by atoms with E-state index in [0.717, 1.165) is 29.1 Å². The molecule has 1 atom stereocenters. The lowest BCUT2D eigenvalue weighted by molar-refractivity contribution is 0.636. The summed E-state index contributed by atoms with van der Waals surface area (Å²) in [5, 5.41) is 12.1. The van der Waals surface area contributed by atoms with Crippen LogP contribution >= 0.6 is 11.3 Å². The molecule has 0 spiro atoms. The average molecular weight is 242 g/mol. The lowest BCUT2D eigenvalue weighted by Gasteiger charge is -2.01. The van der Waals surface area contributed by atoms with Crippen molar-refractivity contribution in [3.8, 4) is 17.3 Å². The number of rotatable bonds is 4. The van der Waals surface area contributed by atoms with Crippen LogP contribution in [0.1, 0.15) is 18.4 Å². The molecule has 0 aliphatic heterocycles. The fraction of sp³-hybridized carbons (Fsp3) is 0.286. The van der Waals surface area contributed by atoms with Gasteiger partial charge in [-0.05, 0) is 6.42 Å². The van der Waals surface area contributed by atoms with E-state index in [-0.39, 0.29) is 5.92 Å². The molecule has 2 nitrogen and oxygen atoms in total. The molecule has 0 saturated carbocycles. The van der Waals surface area contributed by atoms with Crippen molar-refractivity contribution in [2.24, 2.45) is 5.92 Å². The van der Waals surface area contributed by atoms with Crippen molar-refractivity contribution in [1.82, 2.24) is 4.98 Å². The molecule has 2 aromatic rings. The minimum Gasteiger partial charge on any atom is -0.241 e. The largest absolute Gasteiger partial charge is 0.241 e. The maximum atomic E-state index is 8.94. The smallest absolute Gasteiger partial charge is 0.0945 e. The summed E-state index contributed by atoms with van der Waals surface area (Å²) in [6.07, 6.45) is 1.65. The molecule has 0 fully saturated rings. The number of benzene rings is 1. The number of thiazole rings is 1. The number of hydrogen-bond donors (Lipinski definition) is 0. The van der Waals surface area contributed by atoms with E-state index in [1.54, 1.807) is 11.3 Å². The normalized spacial score (nSPS) is 12.0. The molecule has 1 unspecified atom stereocenters. The third-order valence-corrected chi connectivity index (χ3v) is 3.59. The van der Waals surface area contributed by atoms with Gasteiger partial charge in [-0.3, -0.25) is 0 Å². The number of aromatic nitrogens is 1. The third-order valence-electron chi connectivity index (χ3n) is 2.72. The monoisotopic (exact) mass is 242 g/mol. The standard InChI is InChI=1S/C14H14N2S/c1-2-11(9-15)8-14-16-13(10-17-14)12-6-4-3-5-7-12/h3-7,10-11H,2,8H2,1H3. The second-order valence-electron chi connectivity index (χ2n) is 3.93. The number of nitrogens with zero attached hydrogens (tertiary/aromatic N) is 2. The third kappa shape index (κ3) is 2.92. The first kappa shape index (κ1) is 11.8. The molecule has 0 saturated heterocycles. The van der Waals surface area contributed by atoms with E-state index < -0.39 is 0 Å². The van der Waals surface area contributed by atoms with Crippen LogP contribution in [0.25, 0.3) is 11.3 Å². The molecule has 0 amide bonds. The van der Waals surface area contributed by atoms with Gasteiger partial charge in [0.15, 0.2) is 0 Å². The molecule has 0 N–H and O–H groups in total. The van der Waals surface area contributed by atoms with Gasteiger partial charge in [-0.25, -0.2) is 4.98 Å². The Balaban J connectivity index is 2.14. The molecule has 17 heavy (non-hydrogen) atoms. The molecule has 0 aliphatic rings. The minimum absolute atomic E-state index is 0.0878. The number of nitriles is 1. The Hall–Kier alpha value is -1.66. The molecular weight excluding hydrogens is 228 g/mol. The first-order valence-electron chi connectivity index (χ1n) is 5.73. The summed E-state index contributed by atoms with van der Waals surface area (Å²) in [7, 11) is 0. The Morgan fingerprint density at radius 1 is 1.35 bits per heavy atom. The highest BCUT2D eigenvalue weighted by atomic mass is 32.1. The van der Waals surface area contributed by atoms with Crippen LogP contribution in [0.4, 0.5) is 0 Å². The van der Waals surface area contributed by atoms with E-state index in [1.807, 2.05) is 25.1 Å². The summed E-state index contributed by atoms with van der Waals surface area (Å²) < 4.78 is 0. The molecule has 1 heterocycles. The molecular formula is C14H14N2S. The summed E-state index contributed by atoms with van der Waals surface area (Å²) in [4.78, 5) is 4.58. The van der Waals surface area contributed by atoms with E-state index in [9.17, 15) is 0 Å². The Kier molecular flexibility index (Phi) is 3.89. The Bertz CT molecular complexity index is 511. The van der Waals surface area contributed by atoms with Crippen molar-refractivity contribution in [2.75, 3.05) is 0 Å². The quantitative estimate of drug-likeness (QED) is 0.815. The van der Waals surface area contributed by atoms with Crippen LogP contribution in [0.15, 0.2) is 35.7 Å². The van der Waals surface area contributed by atoms with Crippen molar-refractivity contribution >= 4 is 11.3 Å². The lowest BCUT2D eigenvalue weighted by Crippen LogP contribution is -1.99. The molecule has 1 aromatic heterocycles. The van der Waals surface area contributed by atoms with Gasteiger partial charge in [0, 0.05) is 17.4 Å². The molecule has 2 rings (SSSR count). The van der Waals surface area contributed by atoms with Crippen LogP contribution < -0.4 is 0 Å². The lowest BCUT2D eigenvalue weighted by atomic mass is 10.1. The maximum absolute atomic E-state index is 8.94. The fourth-order valence-electron chi connectivity index (χ4n) is 1.64. The van der Waals surface area contributed by atoms with Crippen LogP contribution in [0.5, 0.6) is 0 Å². The van der Waals surface area contributed by atoms with Gasteiger partial charge in [0.25, 0.3) is 0 Å². The van der Waals surface area contributed by atoms with E-state index in [1.165, 1.54) is 0 Å². The minimum atomic E-state index is 0.0878. The van der Waals surface area contributed by atoms with Crippen molar-refractivity contribution in [3.63, 3.8) is 0 Å². The summed E-state index contributed by atoms with van der Waals surface area (Å²) in [5.41, 5.74) is 2.15. The predicted molar refractivity (Wildman–Crippen MR) is 70.6 cm³/mol. The summed E-state index contributed by atoms with van der Waals surface area (Å²) in [6, 6.07) is 12.5. The summed E-state index contributed by atoms with van der Waals surface area (Å²) in [5.74, 6) is 0.0878. The molecule has 3 heteroatoms. The van der Waals surface area contributed by atoms with Crippen LogP contribution in [0.2, 0.25) is 0 Å². The highest BCUT2D eigenvalue weighted by Crippen LogP contribution is 2.23. The zero-order valence-electron chi connectivity index (χ0n) is 9.76. The van der Waals surface area contributed by atoms with Gasteiger partial charge in [-0.2, -0.15) is 5.26 Å². The predicted octanol–water partition coefficient (Wildman–Crippen LogP) is 3.90. The Labute approximate surface area is 106 Å². The van der Waals surface area contributed by atoms with Crippen LogP contribution in [0, 0.1) is 17.2 Å². The van der Waals surface area contributed by atoms with Crippen molar-refractivity contribution in [2.45, 2.75) is 19.8 Å². The fourth-order valence-corrected chi connectivity index (χ4v) is 2.52. The first-order valence-corrected chi connectivity index (χ1v) is 6.61. The molecule has 86 valence electrons. The average Bonchev–Trinajstić information content (AvgIpc) is 2.85. The van der Waals surface area contributed by atoms with Gasteiger partial charge in [0.1, 0.15) is 0 Å². The van der Waals surface area contributed by atoms with Crippen molar-refractivity contribution in [1.29, 1.82) is 5.26 Å². The van der Waals surface area contributed by atoms with Gasteiger partial charge < -0.3 is 0 Å². The topological polar surface area (TPSA) is 36.7 Å². The zero-order chi connectivity index (χ0) is 12.1. The molecule has 0 aliphatic carbocycles. The summed E-state index contributed by atoms with van der Waals surface area (Å²) in [6.45, 7) is 2.04. The van der Waals surface area contributed by atoms with Crippen molar-refractivity contribution in [3.05, 3.63) is 40.7 Å². The molecule has 0 radical (unpaired) electrons. The maximum Gasteiger partial charge on any atom is 0.0945 e. The molecule has 1 aromatic carbocycles. The SMILES string of the molecule is CCC(C#N)Cc1nc(-c2ccccc2)cs1. The van der Waals surface area contributed by atoms with Gasteiger partial charge in [0.2, 0.25) is 0 Å². The van der Waals surface area contributed by atoms with E-state index in [4.69, 9.17) is 5.26 Å². The van der Waals surface area contributed by atoms with Crippen LogP contribution in [-0.4, -0.2) is 4.98 Å². The first-order chi connectivity index (χ1) is 8.33. The second-order valence-corrected chi connectivity index (χ2v) is 4.87. The zero-order valence-corrected chi connectivity index (χ0v) is 10.6. The van der Waals surface area contributed by atoms with Crippen molar-refractivity contribution < 1.29 is 0 Å². The summed E-state index contributed by atoms with van der Waals surface area (Å²) >= 11 is 1.64. The Morgan fingerprint density at radius 2 is 2.12 bits per heavy atom. The van der Waals surface area contributed by atoms with Gasteiger partial charge in [-0.1, -0.05) is 37.3 Å². The van der Waals surface area contributed by atoms with E-state index in [2.05, 4.69) is 28.6 Å². The number of hydrogen-bond acceptors (Lipinski definition) is 3. The highest BCUT2D eigenvalue weighted by Gasteiger charge is 2.10. The Morgan fingerprint density at radius 3 is 2.76 bits per heavy atom. The van der Waals surface area contributed by atoms with Crippen LogP contribution in [-0.2, 0) is 6.42 Å². The van der Waals surface area contributed by atoms with Gasteiger partial charge in [0.05, 0.1) is 22.7 Å². The van der Waals surface area contributed by atoms with Gasteiger partial charge in [-0.15, -0.1) is 11.3 Å². The van der Waals surface area contributed by atoms with E-state index in [0.29, 0.717) is 0 Å². The molecule has 0 bridgehead atoms. The highest BCUT2D eigenvalue weighted by molar-refractivity contribution is 7.09. The van der Waals surface area contributed by atoms with E-state index >= 15 is 0 Å². The van der Waals surface area contributed by atoms with Gasteiger partial charge >= 0.3 is 0 Å². The van der Waals surface area contributed by atoms with Crippen LogP contribution in [0.3, 0.4) is 0 Å².